The third kappa shape index (κ3) is 4.57. The highest BCUT2D eigenvalue weighted by atomic mass is 16.5. The Kier molecular flexibility index (Phi) is 6.45. The Labute approximate surface area is 107 Å². The summed E-state index contributed by atoms with van der Waals surface area (Å²) in [6.07, 6.45) is 3.58. The largest absolute Gasteiger partial charge is 0.381 e. The van der Waals surface area contributed by atoms with Crippen LogP contribution in [0.1, 0.15) is 40.0 Å². The van der Waals surface area contributed by atoms with Crippen LogP contribution >= 0.6 is 0 Å². The summed E-state index contributed by atoms with van der Waals surface area (Å²) in [7, 11) is 2.24. The molecular formula is C14H30N2O. The van der Waals surface area contributed by atoms with Crippen molar-refractivity contribution >= 4 is 0 Å². The molecule has 0 aromatic carbocycles. The molecular weight excluding hydrogens is 212 g/mol. The molecule has 1 fully saturated rings. The molecule has 2 unspecified atom stereocenters. The van der Waals surface area contributed by atoms with Crippen LogP contribution in [-0.4, -0.2) is 43.8 Å². The van der Waals surface area contributed by atoms with Gasteiger partial charge in [-0.1, -0.05) is 13.8 Å². The van der Waals surface area contributed by atoms with Crippen LogP contribution in [-0.2, 0) is 4.74 Å². The quantitative estimate of drug-likeness (QED) is 0.775. The SMILES string of the molecule is CC(C)CC(C)N(C)C(CN)C1CCOCC1. The number of rotatable bonds is 6. The van der Waals surface area contributed by atoms with Crippen LogP contribution in [0.3, 0.4) is 0 Å². The molecule has 0 aromatic heterocycles. The van der Waals surface area contributed by atoms with Gasteiger partial charge in [0.05, 0.1) is 0 Å². The standard InChI is InChI=1S/C14H30N2O/c1-11(2)9-12(3)16(4)14(10-15)13-5-7-17-8-6-13/h11-14H,5-10,15H2,1-4H3. The molecule has 1 aliphatic heterocycles. The first kappa shape index (κ1) is 14.9. The molecule has 3 heteroatoms. The zero-order valence-corrected chi connectivity index (χ0v) is 12.0. The normalized spacial score (nSPS) is 22.1. The summed E-state index contributed by atoms with van der Waals surface area (Å²) in [6, 6.07) is 1.14. The molecule has 3 nitrogen and oxygen atoms in total. The summed E-state index contributed by atoms with van der Waals surface area (Å²) < 4.78 is 5.44. The van der Waals surface area contributed by atoms with E-state index in [2.05, 4.69) is 32.7 Å². The lowest BCUT2D eigenvalue weighted by Crippen LogP contribution is -2.49. The van der Waals surface area contributed by atoms with Gasteiger partial charge in [0.25, 0.3) is 0 Å². The summed E-state index contributed by atoms with van der Waals surface area (Å²) in [6.45, 7) is 9.49. The van der Waals surface area contributed by atoms with Crippen molar-refractivity contribution in [2.75, 3.05) is 26.8 Å². The summed E-state index contributed by atoms with van der Waals surface area (Å²) in [4.78, 5) is 2.50. The predicted molar refractivity (Wildman–Crippen MR) is 73.1 cm³/mol. The zero-order chi connectivity index (χ0) is 12.8. The number of nitrogens with two attached hydrogens (primary N) is 1. The molecule has 1 aliphatic rings. The Morgan fingerprint density at radius 1 is 1.24 bits per heavy atom. The van der Waals surface area contributed by atoms with Gasteiger partial charge in [0.1, 0.15) is 0 Å². The molecule has 0 amide bonds. The van der Waals surface area contributed by atoms with E-state index < -0.39 is 0 Å². The molecule has 0 aliphatic carbocycles. The first-order chi connectivity index (χ1) is 8.06. The Balaban J connectivity index is 2.52. The maximum absolute atomic E-state index is 5.99. The van der Waals surface area contributed by atoms with Crippen LogP contribution in [0.15, 0.2) is 0 Å². The van der Waals surface area contributed by atoms with Crippen LogP contribution in [0.4, 0.5) is 0 Å². The number of ether oxygens (including phenoxy) is 1. The van der Waals surface area contributed by atoms with Crippen molar-refractivity contribution in [1.82, 2.24) is 4.90 Å². The van der Waals surface area contributed by atoms with Crippen LogP contribution < -0.4 is 5.73 Å². The molecule has 0 spiro atoms. The van der Waals surface area contributed by atoms with Gasteiger partial charge in [0, 0.05) is 31.8 Å². The van der Waals surface area contributed by atoms with Gasteiger partial charge in [0.2, 0.25) is 0 Å². The Morgan fingerprint density at radius 2 is 1.82 bits per heavy atom. The lowest BCUT2D eigenvalue weighted by atomic mass is 9.89. The van der Waals surface area contributed by atoms with Gasteiger partial charge < -0.3 is 10.5 Å². The lowest BCUT2D eigenvalue weighted by molar-refractivity contribution is 0.0232. The minimum Gasteiger partial charge on any atom is -0.381 e. The fraction of sp³-hybridized carbons (Fsp3) is 1.00. The third-order valence-corrected chi connectivity index (χ3v) is 4.08. The van der Waals surface area contributed by atoms with Crippen molar-refractivity contribution in [3.8, 4) is 0 Å². The van der Waals surface area contributed by atoms with Crippen LogP contribution in [0.25, 0.3) is 0 Å². The van der Waals surface area contributed by atoms with Gasteiger partial charge in [-0.25, -0.2) is 0 Å². The van der Waals surface area contributed by atoms with E-state index in [1.54, 1.807) is 0 Å². The molecule has 17 heavy (non-hydrogen) atoms. The van der Waals surface area contributed by atoms with E-state index in [-0.39, 0.29) is 0 Å². The number of likely N-dealkylation sites (N-methyl/N-ethyl adjacent to an activating group) is 1. The smallest absolute Gasteiger partial charge is 0.0469 e. The van der Waals surface area contributed by atoms with Crippen molar-refractivity contribution in [2.45, 2.75) is 52.1 Å². The lowest BCUT2D eigenvalue weighted by Gasteiger charge is -2.39. The molecule has 102 valence electrons. The summed E-state index contributed by atoms with van der Waals surface area (Å²) >= 11 is 0. The van der Waals surface area contributed by atoms with Crippen molar-refractivity contribution in [1.29, 1.82) is 0 Å². The summed E-state index contributed by atoms with van der Waals surface area (Å²) in [5, 5.41) is 0. The highest BCUT2D eigenvalue weighted by Gasteiger charge is 2.28. The molecule has 0 radical (unpaired) electrons. The monoisotopic (exact) mass is 242 g/mol. The average Bonchev–Trinajstić information content (AvgIpc) is 2.30. The van der Waals surface area contributed by atoms with E-state index in [9.17, 15) is 0 Å². The van der Waals surface area contributed by atoms with E-state index in [4.69, 9.17) is 10.5 Å². The Hall–Kier alpha value is -0.120. The average molecular weight is 242 g/mol. The summed E-state index contributed by atoms with van der Waals surface area (Å²) in [5.41, 5.74) is 5.99. The Bertz CT molecular complexity index is 202. The highest BCUT2D eigenvalue weighted by molar-refractivity contribution is 4.83. The van der Waals surface area contributed by atoms with Crippen molar-refractivity contribution in [2.24, 2.45) is 17.6 Å². The van der Waals surface area contributed by atoms with Gasteiger partial charge in [-0.3, -0.25) is 4.90 Å². The highest BCUT2D eigenvalue weighted by Crippen LogP contribution is 2.24. The Morgan fingerprint density at radius 3 is 2.29 bits per heavy atom. The van der Waals surface area contributed by atoms with E-state index in [1.165, 1.54) is 19.3 Å². The van der Waals surface area contributed by atoms with Crippen molar-refractivity contribution < 1.29 is 4.74 Å². The molecule has 2 N–H and O–H groups in total. The fourth-order valence-electron chi connectivity index (χ4n) is 2.97. The predicted octanol–water partition coefficient (Wildman–Crippen LogP) is 2.11. The first-order valence-corrected chi connectivity index (χ1v) is 7.06. The molecule has 1 heterocycles. The second-order valence-corrected chi connectivity index (χ2v) is 5.90. The number of nitrogens with zero attached hydrogens (tertiary/aromatic N) is 1. The van der Waals surface area contributed by atoms with Crippen LogP contribution in [0.5, 0.6) is 0 Å². The minimum atomic E-state index is 0.521. The van der Waals surface area contributed by atoms with Crippen LogP contribution in [0, 0.1) is 11.8 Å². The minimum absolute atomic E-state index is 0.521. The van der Waals surface area contributed by atoms with Crippen LogP contribution in [0.2, 0.25) is 0 Å². The van der Waals surface area contributed by atoms with Crippen molar-refractivity contribution in [3.63, 3.8) is 0 Å². The van der Waals surface area contributed by atoms with Gasteiger partial charge in [-0.15, -0.1) is 0 Å². The molecule has 0 aromatic rings. The van der Waals surface area contributed by atoms with Gasteiger partial charge in [-0.05, 0) is 45.1 Å². The number of hydrogen-bond acceptors (Lipinski definition) is 3. The third-order valence-electron chi connectivity index (χ3n) is 4.08. The molecule has 0 saturated carbocycles. The maximum atomic E-state index is 5.99. The molecule has 2 atom stereocenters. The van der Waals surface area contributed by atoms with E-state index in [1.807, 2.05) is 0 Å². The topological polar surface area (TPSA) is 38.5 Å². The van der Waals surface area contributed by atoms with Gasteiger partial charge in [-0.2, -0.15) is 0 Å². The van der Waals surface area contributed by atoms with Crippen molar-refractivity contribution in [3.05, 3.63) is 0 Å². The van der Waals surface area contributed by atoms with Gasteiger partial charge in [0.15, 0.2) is 0 Å². The molecule has 1 saturated heterocycles. The van der Waals surface area contributed by atoms with E-state index >= 15 is 0 Å². The fourth-order valence-corrected chi connectivity index (χ4v) is 2.97. The summed E-state index contributed by atoms with van der Waals surface area (Å²) in [5.74, 6) is 1.47. The zero-order valence-electron chi connectivity index (χ0n) is 12.0. The second-order valence-electron chi connectivity index (χ2n) is 5.90. The number of hydrogen-bond donors (Lipinski definition) is 1. The second kappa shape index (κ2) is 7.34. The molecule has 1 rings (SSSR count). The molecule has 0 bridgehead atoms. The van der Waals surface area contributed by atoms with E-state index in [0.717, 1.165) is 25.7 Å². The van der Waals surface area contributed by atoms with Gasteiger partial charge >= 0.3 is 0 Å². The first-order valence-electron chi connectivity index (χ1n) is 7.06. The maximum Gasteiger partial charge on any atom is 0.0469 e. The van der Waals surface area contributed by atoms with E-state index in [0.29, 0.717) is 18.0 Å².